The molecule has 2 aromatic carbocycles. The fraction of sp³-hybridized carbons (Fsp3) is 0.261. The van der Waals surface area contributed by atoms with Crippen molar-refractivity contribution in [1.82, 2.24) is 9.97 Å². The minimum absolute atomic E-state index is 0.179. The molecular weight excluding hydrogens is 424 g/mol. The predicted molar refractivity (Wildman–Crippen MR) is 121 cm³/mol. The molecule has 0 saturated carbocycles. The van der Waals surface area contributed by atoms with Crippen LogP contribution in [0, 0.1) is 12.2 Å². The second kappa shape index (κ2) is 8.78. The molecule has 1 saturated heterocycles. The fourth-order valence-corrected chi connectivity index (χ4v) is 4.29. The molecule has 1 radical (unpaired) electrons. The van der Waals surface area contributed by atoms with Gasteiger partial charge in [-0.1, -0.05) is 42.3 Å². The molecule has 0 spiro atoms. The number of hydrogen-bond acceptors (Lipinski definition) is 3. The summed E-state index contributed by atoms with van der Waals surface area (Å²) in [5.74, 6) is 0.274. The highest BCUT2D eigenvalue weighted by Gasteiger charge is 2.28. The van der Waals surface area contributed by atoms with Crippen LogP contribution in [0.4, 0.5) is 10.2 Å². The quantitative estimate of drug-likeness (QED) is 0.526. The first-order valence-corrected chi connectivity index (χ1v) is 10.7. The number of nitrogens with zero attached hydrogens (tertiary/aromatic N) is 2. The average Bonchev–Trinajstić information content (AvgIpc) is 2.74. The average molecular weight is 445 g/mol. The summed E-state index contributed by atoms with van der Waals surface area (Å²) in [5.41, 5.74) is 0.594. The standard InChI is InChI=1S/C23H21Cl2FN3O/c1-2-15-7-5-6-12-29(15)22-20(17-11-10-14(24)13-19(17)26)23(30)28-21(27-22)16-8-3-4-9-18(16)25/h3-5,8-11,13,15H,2,6-7,12H2,1H3,(H,27,28,30). The van der Waals surface area contributed by atoms with Crippen LogP contribution in [-0.4, -0.2) is 22.6 Å². The Hall–Kier alpha value is -2.37. The zero-order valence-corrected chi connectivity index (χ0v) is 18.0. The highest BCUT2D eigenvalue weighted by Crippen LogP contribution is 2.35. The van der Waals surface area contributed by atoms with Crippen molar-refractivity contribution in [1.29, 1.82) is 0 Å². The van der Waals surface area contributed by atoms with Gasteiger partial charge in [0.1, 0.15) is 17.5 Å². The van der Waals surface area contributed by atoms with Gasteiger partial charge >= 0.3 is 0 Å². The Kier molecular flexibility index (Phi) is 6.11. The zero-order valence-electron chi connectivity index (χ0n) is 16.5. The zero-order chi connectivity index (χ0) is 21.3. The molecule has 7 heteroatoms. The summed E-state index contributed by atoms with van der Waals surface area (Å²) >= 11 is 12.3. The number of hydrogen-bond donors (Lipinski definition) is 1. The summed E-state index contributed by atoms with van der Waals surface area (Å²) in [4.78, 5) is 23.0. The topological polar surface area (TPSA) is 49.0 Å². The van der Waals surface area contributed by atoms with Crippen molar-refractivity contribution >= 4 is 29.0 Å². The number of piperidine rings is 1. The lowest BCUT2D eigenvalue weighted by atomic mass is 9.98. The van der Waals surface area contributed by atoms with E-state index in [1.165, 1.54) is 12.1 Å². The van der Waals surface area contributed by atoms with E-state index in [1.54, 1.807) is 18.2 Å². The highest BCUT2D eigenvalue weighted by atomic mass is 35.5. The summed E-state index contributed by atoms with van der Waals surface area (Å²) in [6.07, 6.45) is 4.88. The first kappa shape index (κ1) is 20.9. The van der Waals surface area contributed by atoms with Crippen molar-refractivity contribution in [3.05, 3.63) is 75.1 Å². The number of rotatable bonds is 4. The van der Waals surface area contributed by atoms with E-state index in [0.29, 0.717) is 28.8 Å². The van der Waals surface area contributed by atoms with E-state index in [9.17, 15) is 9.18 Å². The van der Waals surface area contributed by atoms with Crippen molar-refractivity contribution in [2.45, 2.75) is 32.2 Å². The molecule has 1 aliphatic heterocycles. The van der Waals surface area contributed by atoms with Gasteiger partial charge in [-0.25, -0.2) is 9.37 Å². The molecule has 1 N–H and O–H groups in total. The fourth-order valence-electron chi connectivity index (χ4n) is 3.90. The molecule has 1 fully saturated rings. The van der Waals surface area contributed by atoms with Crippen LogP contribution in [0.15, 0.2) is 47.3 Å². The van der Waals surface area contributed by atoms with E-state index in [-0.39, 0.29) is 22.2 Å². The minimum Gasteiger partial charge on any atom is -0.353 e. The van der Waals surface area contributed by atoms with Gasteiger partial charge < -0.3 is 9.88 Å². The Morgan fingerprint density at radius 1 is 1.20 bits per heavy atom. The van der Waals surface area contributed by atoms with Gasteiger partial charge in [-0.15, -0.1) is 0 Å². The predicted octanol–water partition coefficient (Wildman–Crippen LogP) is 6.13. The Labute approximate surface area is 184 Å². The van der Waals surface area contributed by atoms with E-state index in [4.69, 9.17) is 28.2 Å². The molecular formula is C23H21Cl2FN3O. The van der Waals surface area contributed by atoms with Crippen molar-refractivity contribution in [2.75, 3.05) is 11.4 Å². The van der Waals surface area contributed by atoms with Gasteiger partial charge in [0.05, 0.1) is 10.6 Å². The largest absolute Gasteiger partial charge is 0.353 e. The molecule has 4 rings (SSSR count). The van der Waals surface area contributed by atoms with Crippen LogP contribution >= 0.6 is 23.2 Å². The van der Waals surface area contributed by atoms with Gasteiger partial charge in [-0.05, 0) is 56.0 Å². The second-order valence-electron chi connectivity index (χ2n) is 7.29. The lowest BCUT2D eigenvalue weighted by molar-refractivity contribution is 0.509. The molecule has 1 unspecified atom stereocenters. The maximum atomic E-state index is 14.8. The molecule has 155 valence electrons. The third-order valence-corrected chi connectivity index (χ3v) is 5.99. The van der Waals surface area contributed by atoms with Crippen LogP contribution in [-0.2, 0) is 0 Å². The SMILES string of the molecule is CCC1C[CH]CCN1c1nc(-c2ccccc2Cl)[nH]c(=O)c1-c1ccc(Cl)cc1F. The molecule has 4 nitrogen and oxygen atoms in total. The highest BCUT2D eigenvalue weighted by molar-refractivity contribution is 6.33. The summed E-state index contributed by atoms with van der Waals surface area (Å²) in [5, 5.41) is 0.755. The van der Waals surface area contributed by atoms with Crippen molar-refractivity contribution < 1.29 is 4.39 Å². The van der Waals surface area contributed by atoms with Crippen molar-refractivity contribution in [3.63, 3.8) is 0 Å². The van der Waals surface area contributed by atoms with Crippen LogP contribution in [0.3, 0.4) is 0 Å². The second-order valence-corrected chi connectivity index (χ2v) is 8.13. The van der Waals surface area contributed by atoms with Crippen molar-refractivity contribution in [3.8, 4) is 22.5 Å². The van der Waals surface area contributed by atoms with E-state index < -0.39 is 11.4 Å². The number of nitrogens with one attached hydrogen (secondary N) is 1. The van der Waals surface area contributed by atoms with Gasteiger partial charge in [0.15, 0.2) is 0 Å². The Bertz CT molecular complexity index is 1130. The third-order valence-electron chi connectivity index (χ3n) is 5.43. The van der Waals surface area contributed by atoms with E-state index in [1.807, 2.05) is 12.1 Å². The van der Waals surface area contributed by atoms with Crippen LogP contribution in [0.25, 0.3) is 22.5 Å². The van der Waals surface area contributed by atoms with Crippen LogP contribution < -0.4 is 10.5 Å². The van der Waals surface area contributed by atoms with Gasteiger partial charge in [0.2, 0.25) is 0 Å². The monoisotopic (exact) mass is 444 g/mol. The lowest BCUT2D eigenvalue weighted by Crippen LogP contribution is -2.41. The van der Waals surface area contributed by atoms with E-state index in [2.05, 4.69) is 23.2 Å². The molecule has 2 heterocycles. The normalized spacial score (nSPS) is 16.7. The molecule has 1 atom stereocenters. The maximum absolute atomic E-state index is 14.8. The Balaban J connectivity index is 1.97. The van der Waals surface area contributed by atoms with Crippen LogP contribution in [0.2, 0.25) is 10.0 Å². The summed E-state index contributed by atoms with van der Waals surface area (Å²) in [6, 6.07) is 11.7. The number of anilines is 1. The first-order valence-electron chi connectivity index (χ1n) is 9.92. The van der Waals surface area contributed by atoms with Crippen molar-refractivity contribution in [2.24, 2.45) is 0 Å². The van der Waals surface area contributed by atoms with Gasteiger partial charge in [0.25, 0.3) is 5.56 Å². The summed E-state index contributed by atoms with van der Waals surface area (Å²) < 4.78 is 14.8. The van der Waals surface area contributed by atoms with Gasteiger partial charge in [-0.3, -0.25) is 4.79 Å². The number of aromatic nitrogens is 2. The third kappa shape index (κ3) is 3.96. The number of halogens is 3. The molecule has 1 aliphatic rings. The molecule has 30 heavy (non-hydrogen) atoms. The smallest absolute Gasteiger partial charge is 0.261 e. The number of H-pyrrole nitrogens is 1. The van der Waals surface area contributed by atoms with Gasteiger partial charge in [0, 0.05) is 28.7 Å². The summed E-state index contributed by atoms with van der Waals surface area (Å²) in [7, 11) is 0. The molecule has 1 aromatic heterocycles. The number of aromatic amines is 1. The number of benzene rings is 2. The van der Waals surface area contributed by atoms with Crippen LogP contribution in [0.5, 0.6) is 0 Å². The van der Waals surface area contributed by atoms with Gasteiger partial charge in [-0.2, -0.15) is 0 Å². The molecule has 0 amide bonds. The molecule has 0 aliphatic carbocycles. The van der Waals surface area contributed by atoms with E-state index >= 15 is 0 Å². The molecule has 0 bridgehead atoms. The lowest BCUT2D eigenvalue weighted by Gasteiger charge is -2.37. The van der Waals surface area contributed by atoms with Crippen LogP contribution in [0.1, 0.15) is 26.2 Å². The summed E-state index contributed by atoms with van der Waals surface area (Å²) in [6.45, 7) is 2.81. The maximum Gasteiger partial charge on any atom is 0.261 e. The first-order chi connectivity index (χ1) is 14.5. The Morgan fingerprint density at radius 2 is 2.00 bits per heavy atom. The Morgan fingerprint density at radius 3 is 2.73 bits per heavy atom. The van der Waals surface area contributed by atoms with E-state index in [0.717, 1.165) is 19.3 Å². The minimum atomic E-state index is -0.557. The molecule has 3 aromatic rings.